The molecule has 1 aromatic heterocycles. The van der Waals surface area contributed by atoms with Gasteiger partial charge in [-0.1, -0.05) is 29.4 Å². The zero-order chi connectivity index (χ0) is 23.4. The van der Waals surface area contributed by atoms with Crippen LogP contribution in [0.5, 0.6) is 0 Å². The van der Waals surface area contributed by atoms with Crippen LogP contribution in [0.15, 0.2) is 57.9 Å². The number of thioether (sulfide) groups is 1. The third kappa shape index (κ3) is 6.39. The number of aliphatic carboxylic acids is 1. The topological polar surface area (TPSA) is 72.6 Å². The third-order valence-electron chi connectivity index (χ3n) is 5.27. The number of hydrogen-bond donors (Lipinski definition) is 1. The highest BCUT2D eigenvalue weighted by molar-refractivity contribution is 7.98. The Morgan fingerprint density at radius 1 is 1.18 bits per heavy atom. The Bertz CT molecular complexity index is 1110. The van der Waals surface area contributed by atoms with Crippen LogP contribution in [0.3, 0.4) is 0 Å². The molecule has 0 amide bonds. The summed E-state index contributed by atoms with van der Waals surface area (Å²) >= 11 is 1.48. The van der Waals surface area contributed by atoms with Crippen LogP contribution in [0.4, 0.5) is 13.2 Å². The van der Waals surface area contributed by atoms with E-state index in [2.05, 4.69) is 5.16 Å². The lowest BCUT2D eigenvalue weighted by Gasteiger charge is -2.08. The van der Waals surface area contributed by atoms with E-state index in [9.17, 15) is 18.0 Å². The molecule has 9 heteroatoms. The maximum Gasteiger partial charge on any atom is 0.416 e. The van der Waals surface area contributed by atoms with Gasteiger partial charge in [-0.25, -0.2) is 0 Å². The van der Waals surface area contributed by atoms with Crippen LogP contribution in [0, 0.1) is 5.92 Å². The molecule has 0 radical (unpaired) electrons. The van der Waals surface area contributed by atoms with Gasteiger partial charge in [0.25, 0.3) is 0 Å². The highest BCUT2D eigenvalue weighted by Gasteiger charge is 2.30. The number of ether oxygens (including phenoxy) is 1. The molecule has 174 valence electrons. The Kier molecular flexibility index (Phi) is 7.09. The van der Waals surface area contributed by atoms with Gasteiger partial charge in [-0.3, -0.25) is 4.79 Å². The normalized spacial score (nSPS) is 13.9. The molecule has 4 rings (SSSR count). The minimum Gasteiger partial charge on any atom is -0.481 e. The number of carboxylic acids is 1. The Morgan fingerprint density at radius 2 is 1.94 bits per heavy atom. The number of aromatic nitrogens is 1. The van der Waals surface area contributed by atoms with Gasteiger partial charge >= 0.3 is 12.1 Å². The van der Waals surface area contributed by atoms with Crippen molar-refractivity contribution in [2.24, 2.45) is 5.92 Å². The molecule has 1 fully saturated rings. The maximum atomic E-state index is 12.9. The number of hydrogen-bond acceptors (Lipinski definition) is 5. The second-order valence-electron chi connectivity index (χ2n) is 7.98. The molecule has 0 aliphatic heterocycles. The predicted molar refractivity (Wildman–Crippen MR) is 117 cm³/mol. The van der Waals surface area contributed by atoms with Gasteiger partial charge in [0.1, 0.15) is 0 Å². The van der Waals surface area contributed by atoms with E-state index in [4.69, 9.17) is 14.4 Å². The first-order valence-electron chi connectivity index (χ1n) is 10.5. The lowest BCUT2D eigenvalue weighted by atomic mass is 10.1. The fourth-order valence-electron chi connectivity index (χ4n) is 3.33. The van der Waals surface area contributed by atoms with Gasteiger partial charge in [-0.15, -0.1) is 11.8 Å². The number of alkyl halides is 3. The standard InChI is InChI=1S/C24H22F3NO4S/c25-24(26,27)18-8-6-17(7-9-18)23-20(13-31-12-15-4-5-15)21(28-32-23)14-33-19-3-1-2-16(10-19)11-22(29)30/h1-3,6-10,15H,4-5,11-14H2,(H,29,30). The van der Waals surface area contributed by atoms with Crippen molar-refractivity contribution in [1.82, 2.24) is 5.16 Å². The summed E-state index contributed by atoms with van der Waals surface area (Å²) in [5, 5.41) is 13.2. The number of benzene rings is 2. The van der Waals surface area contributed by atoms with Crippen molar-refractivity contribution in [2.75, 3.05) is 6.61 Å². The summed E-state index contributed by atoms with van der Waals surface area (Å²) in [6.45, 7) is 0.882. The summed E-state index contributed by atoms with van der Waals surface area (Å²) in [5.41, 5.74) is 1.83. The molecular formula is C24H22F3NO4S. The molecule has 0 unspecified atom stereocenters. The Balaban J connectivity index is 1.53. The average Bonchev–Trinajstić information content (AvgIpc) is 3.50. The lowest BCUT2D eigenvalue weighted by molar-refractivity contribution is -0.138. The van der Waals surface area contributed by atoms with E-state index >= 15 is 0 Å². The van der Waals surface area contributed by atoms with Crippen LogP contribution in [0.25, 0.3) is 11.3 Å². The van der Waals surface area contributed by atoms with Crippen LogP contribution < -0.4 is 0 Å². The second kappa shape index (κ2) is 10.0. The van der Waals surface area contributed by atoms with Crippen molar-refractivity contribution >= 4 is 17.7 Å². The van der Waals surface area contributed by atoms with E-state index in [-0.39, 0.29) is 13.0 Å². The highest BCUT2D eigenvalue weighted by Crippen LogP contribution is 2.35. The van der Waals surface area contributed by atoms with E-state index in [1.165, 1.54) is 23.9 Å². The van der Waals surface area contributed by atoms with Gasteiger partial charge in [0.05, 0.1) is 24.3 Å². The van der Waals surface area contributed by atoms with Gasteiger partial charge in [-0.2, -0.15) is 13.2 Å². The van der Waals surface area contributed by atoms with Crippen LogP contribution in [0.1, 0.15) is 35.2 Å². The molecule has 0 spiro atoms. The SMILES string of the molecule is O=C(O)Cc1cccc(SCc2noc(-c3ccc(C(F)(F)F)cc3)c2COCC2CC2)c1. The molecule has 0 saturated heterocycles. The number of carboxylic acid groups (broad SMARTS) is 1. The minimum absolute atomic E-state index is 0.0588. The van der Waals surface area contributed by atoms with Gasteiger partial charge in [0.2, 0.25) is 0 Å². The number of rotatable bonds is 10. The average molecular weight is 478 g/mol. The summed E-state index contributed by atoms with van der Waals surface area (Å²) in [6.07, 6.45) is -2.18. The number of nitrogens with zero attached hydrogens (tertiary/aromatic N) is 1. The zero-order valence-electron chi connectivity index (χ0n) is 17.6. The van der Waals surface area contributed by atoms with Gasteiger partial charge < -0.3 is 14.4 Å². The quantitative estimate of drug-likeness (QED) is 0.350. The largest absolute Gasteiger partial charge is 0.481 e. The smallest absolute Gasteiger partial charge is 0.416 e. The Labute approximate surface area is 192 Å². The molecule has 3 aromatic rings. The van der Waals surface area contributed by atoms with E-state index in [0.29, 0.717) is 46.4 Å². The van der Waals surface area contributed by atoms with Crippen molar-refractivity contribution in [3.8, 4) is 11.3 Å². The monoisotopic (exact) mass is 477 g/mol. The summed E-state index contributed by atoms with van der Waals surface area (Å²) < 4.78 is 50.2. The second-order valence-corrected chi connectivity index (χ2v) is 9.03. The van der Waals surface area contributed by atoms with Gasteiger partial charge in [0.15, 0.2) is 5.76 Å². The van der Waals surface area contributed by atoms with Crippen LogP contribution in [0.2, 0.25) is 0 Å². The number of halogens is 3. The molecule has 1 aliphatic carbocycles. The van der Waals surface area contributed by atoms with E-state index < -0.39 is 17.7 Å². The lowest BCUT2D eigenvalue weighted by Crippen LogP contribution is -2.04. The van der Waals surface area contributed by atoms with Gasteiger partial charge in [-0.05, 0) is 48.6 Å². The van der Waals surface area contributed by atoms with E-state index in [1.54, 1.807) is 12.1 Å². The van der Waals surface area contributed by atoms with Crippen LogP contribution in [-0.4, -0.2) is 22.8 Å². The van der Waals surface area contributed by atoms with Crippen molar-refractivity contribution in [1.29, 1.82) is 0 Å². The molecule has 1 aliphatic rings. The molecule has 0 atom stereocenters. The summed E-state index contributed by atoms with van der Waals surface area (Å²) in [6, 6.07) is 12.1. The van der Waals surface area contributed by atoms with Crippen molar-refractivity contribution in [2.45, 2.75) is 42.7 Å². The first-order chi connectivity index (χ1) is 15.8. The molecule has 1 N–H and O–H groups in total. The van der Waals surface area contributed by atoms with Crippen LogP contribution >= 0.6 is 11.8 Å². The molecule has 1 heterocycles. The summed E-state index contributed by atoms with van der Waals surface area (Å²) in [4.78, 5) is 11.9. The minimum atomic E-state index is -4.41. The molecule has 0 bridgehead atoms. The molecule has 33 heavy (non-hydrogen) atoms. The molecule has 1 saturated carbocycles. The Hall–Kier alpha value is -2.78. The number of carbonyl (C=O) groups is 1. The summed E-state index contributed by atoms with van der Waals surface area (Å²) in [5.74, 6) is 0.511. The van der Waals surface area contributed by atoms with E-state index in [0.717, 1.165) is 29.9 Å². The predicted octanol–water partition coefficient (Wildman–Crippen LogP) is 6.21. The zero-order valence-corrected chi connectivity index (χ0v) is 18.4. The van der Waals surface area contributed by atoms with Crippen molar-refractivity contribution < 1.29 is 32.3 Å². The van der Waals surface area contributed by atoms with Crippen molar-refractivity contribution in [3.05, 3.63) is 70.9 Å². The van der Waals surface area contributed by atoms with E-state index in [1.807, 2.05) is 12.1 Å². The maximum absolute atomic E-state index is 12.9. The molecule has 5 nitrogen and oxygen atoms in total. The Morgan fingerprint density at radius 3 is 2.61 bits per heavy atom. The van der Waals surface area contributed by atoms with Crippen LogP contribution in [-0.2, 0) is 34.5 Å². The third-order valence-corrected chi connectivity index (χ3v) is 6.28. The fraction of sp³-hybridized carbons (Fsp3) is 0.333. The highest BCUT2D eigenvalue weighted by atomic mass is 32.2. The first kappa shape index (κ1) is 23.4. The fourth-order valence-corrected chi connectivity index (χ4v) is 4.27. The molecular weight excluding hydrogens is 455 g/mol. The summed E-state index contributed by atoms with van der Waals surface area (Å²) in [7, 11) is 0. The first-order valence-corrected chi connectivity index (χ1v) is 11.4. The van der Waals surface area contributed by atoms with Crippen molar-refractivity contribution in [3.63, 3.8) is 0 Å². The van der Waals surface area contributed by atoms with Gasteiger partial charge in [0, 0.05) is 28.4 Å². The molecule has 2 aromatic carbocycles.